The van der Waals surface area contributed by atoms with Crippen molar-refractivity contribution in [3.63, 3.8) is 0 Å². The minimum Gasteiger partial charge on any atom is -1.00 e. The van der Waals surface area contributed by atoms with Crippen LogP contribution < -0.4 is 27.2 Å². The molecule has 1 aromatic rings. The molecule has 6 heteroatoms. The van der Waals surface area contributed by atoms with Crippen molar-refractivity contribution in [1.29, 1.82) is 0 Å². The molecule has 1 aliphatic carbocycles. The van der Waals surface area contributed by atoms with Crippen molar-refractivity contribution in [2.24, 2.45) is 5.92 Å². The maximum atomic E-state index is 12.2. The molecule has 0 spiro atoms. The molecule has 0 radical (unpaired) electrons. The Morgan fingerprint density at radius 2 is 1.79 bits per heavy atom. The quantitative estimate of drug-likeness (QED) is 0.649. The van der Waals surface area contributed by atoms with Crippen LogP contribution in [0.4, 0.5) is 5.69 Å². The van der Waals surface area contributed by atoms with Gasteiger partial charge in [0.2, 0.25) is 5.91 Å². The average Bonchev–Trinajstić information content (AvgIpc) is 3.36. The van der Waals surface area contributed by atoms with Crippen LogP contribution in [0.2, 0.25) is 0 Å². The summed E-state index contributed by atoms with van der Waals surface area (Å²) in [5, 5.41) is 2.93. The van der Waals surface area contributed by atoms with Gasteiger partial charge in [-0.25, -0.2) is 0 Å². The SMILES string of the molecule is CCCN(CCC(=O)Nc1cc(OC)cc(OC)c1)CC1CC1.[Cl-]. The summed E-state index contributed by atoms with van der Waals surface area (Å²) in [5.74, 6) is 2.21. The molecule has 1 aliphatic rings. The van der Waals surface area contributed by atoms with Gasteiger partial charge in [-0.3, -0.25) is 4.79 Å². The number of hydrogen-bond acceptors (Lipinski definition) is 4. The molecular formula is C18H28ClN2O3-. The highest BCUT2D eigenvalue weighted by molar-refractivity contribution is 5.91. The van der Waals surface area contributed by atoms with Gasteiger partial charge in [-0.05, 0) is 31.7 Å². The Morgan fingerprint density at radius 1 is 1.17 bits per heavy atom. The summed E-state index contributed by atoms with van der Waals surface area (Å²) in [4.78, 5) is 14.6. The number of carbonyl (C=O) groups excluding carboxylic acids is 1. The van der Waals surface area contributed by atoms with Crippen molar-refractivity contribution < 1.29 is 26.7 Å². The number of hydrogen-bond donors (Lipinski definition) is 1. The molecule has 0 aromatic heterocycles. The molecule has 136 valence electrons. The molecular weight excluding hydrogens is 328 g/mol. The van der Waals surface area contributed by atoms with Crippen LogP contribution in [0.1, 0.15) is 32.6 Å². The van der Waals surface area contributed by atoms with E-state index < -0.39 is 0 Å². The Kier molecular flexibility index (Phi) is 8.93. The van der Waals surface area contributed by atoms with Crippen molar-refractivity contribution in [2.45, 2.75) is 32.6 Å². The third kappa shape index (κ3) is 6.97. The van der Waals surface area contributed by atoms with Gasteiger partial charge in [0.1, 0.15) is 11.5 Å². The Balaban J connectivity index is 0.00000288. The first kappa shape index (κ1) is 20.6. The maximum absolute atomic E-state index is 12.2. The minimum atomic E-state index is 0. The fourth-order valence-corrected chi connectivity index (χ4v) is 2.64. The normalized spacial score (nSPS) is 13.3. The molecule has 1 aromatic carbocycles. The van der Waals surface area contributed by atoms with Gasteiger partial charge in [-0.1, -0.05) is 6.92 Å². The highest BCUT2D eigenvalue weighted by atomic mass is 35.5. The Hall–Kier alpha value is -1.46. The van der Waals surface area contributed by atoms with E-state index in [1.807, 2.05) is 0 Å². The second-order valence-electron chi connectivity index (χ2n) is 6.14. The van der Waals surface area contributed by atoms with Crippen LogP contribution >= 0.6 is 0 Å². The largest absolute Gasteiger partial charge is 1.00 e. The van der Waals surface area contributed by atoms with Crippen LogP contribution in [-0.2, 0) is 4.79 Å². The molecule has 1 saturated carbocycles. The van der Waals surface area contributed by atoms with Crippen molar-refractivity contribution >= 4 is 11.6 Å². The number of anilines is 1. The summed E-state index contributed by atoms with van der Waals surface area (Å²) < 4.78 is 10.4. The van der Waals surface area contributed by atoms with Gasteiger partial charge in [0.25, 0.3) is 0 Å². The Morgan fingerprint density at radius 3 is 2.29 bits per heavy atom. The maximum Gasteiger partial charge on any atom is 0.225 e. The molecule has 5 nitrogen and oxygen atoms in total. The zero-order valence-electron chi connectivity index (χ0n) is 14.8. The molecule has 0 saturated heterocycles. The van der Waals surface area contributed by atoms with Gasteiger partial charge in [0.05, 0.1) is 14.2 Å². The minimum absolute atomic E-state index is 0. The van der Waals surface area contributed by atoms with Crippen molar-refractivity contribution in [3.05, 3.63) is 18.2 Å². The summed E-state index contributed by atoms with van der Waals surface area (Å²) in [5.41, 5.74) is 0.704. The van der Waals surface area contributed by atoms with Crippen LogP contribution in [0.3, 0.4) is 0 Å². The molecule has 1 fully saturated rings. The molecule has 24 heavy (non-hydrogen) atoms. The number of nitrogens with one attached hydrogen (secondary N) is 1. The zero-order valence-corrected chi connectivity index (χ0v) is 15.6. The van der Waals surface area contributed by atoms with Gasteiger partial charge in [0, 0.05) is 43.4 Å². The third-order valence-electron chi connectivity index (χ3n) is 4.04. The standard InChI is InChI=1S/C18H28N2O3.ClH/c1-4-8-20(13-14-5-6-14)9-7-18(21)19-15-10-16(22-2)12-17(11-15)23-3;/h10-12,14H,4-9,13H2,1-3H3,(H,19,21);1H/p-1. The van der Waals surface area contributed by atoms with Gasteiger partial charge >= 0.3 is 0 Å². The molecule has 0 bridgehead atoms. The van der Waals surface area contributed by atoms with Gasteiger partial charge in [0.15, 0.2) is 0 Å². The van der Waals surface area contributed by atoms with E-state index in [-0.39, 0.29) is 18.3 Å². The monoisotopic (exact) mass is 355 g/mol. The van der Waals surface area contributed by atoms with Crippen molar-refractivity contribution in [1.82, 2.24) is 4.90 Å². The smallest absolute Gasteiger partial charge is 0.225 e. The molecule has 0 atom stereocenters. The topological polar surface area (TPSA) is 50.8 Å². The molecule has 1 N–H and O–H groups in total. The first-order chi connectivity index (χ1) is 11.1. The Bertz CT molecular complexity index is 499. The zero-order chi connectivity index (χ0) is 16.7. The Labute approximate surface area is 151 Å². The molecule has 1 amide bonds. The fourth-order valence-electron chi connectivity index (χ4n) is 2.64. The number of halogens is 1. The highest BCUT2D eigenvalue weighted by Crippen LogP contribution is 2.30. The van der Waals surface area contributed by atoms with Crippen molar-refractivity contribution in [2.75, 3.05) is 39.2 Å². The number of methoxy groups -OCH3 is 2. The average molecular weight is 356 g/mol. The van der Waals surface area contributed by atoms with E-state index in [0.29, 0.717) is 23.6 Å². The van der Waals surface area contributed by atoms with Gasteiger partial charge in [-0.15, -0.1) is 0 Å². The molecule has 0 aliphatic heterocycles. The number of rotatable bonds is 10. The summed E-state index contributed by atoms with van der Waals surface area (Å²) >= 11 is 0. The van der Waals surface area contributed by atoms with Crippen LogP contribution in [-0.4, -0.2) is 44.7 Å². The fraction of sp³-hybridized carbons (Fsp3) is 0.611. The third-order valence-corrected chi connectivity index (χ3v) is 4.04. The predicted molar refractivity (Wildman–Crippen MR) is 92.2 cm³/mol. The van der Waals surface area contributed by atoms with Crippen LogP contribution in [0, 0.1) is 5.92 Å². The lowest BCUT2D eigenvalue weighted by atomic mass is 10.2. The first-order valence-electron chi connectivity index (χ1n) is 8.40. The summed E-state index contributed by atoms with van der Waals surface area (Å²) in [6, 6.07) is 5.39. The van der Waals surface area contributed by atoms with E-state index in [1.165, 1.54) is 12.8 Å². The van der Waals surface area contributed by atoms with E-state index >= 15 is 0 Å². The van der Waals surface area contributed by atoms with E-state index in [0.717, 1.165) is 32.0 Å². The number of benzene rings is 1. The highest BCUT2D eigenvalue weighted by Gasteiger charge is 2.24. The number of amides is 1. The van der Waals surface area contributed by atoms with E-state index in [4.69, 9.17) is 9.47 Å². The second kappa shape index (κ2) is 10.4. The molecule has 0 heterocycles. The van der Waals surface area contributed by atoms with Crippen LogP contribution in [0.5, 0.6) is 11.5 Å². The van der Waals surface area contributed by atoms with E-state index in [9.17, 15) is 4.79 Å². The first-order valence-corrected chi connectivity index (χ1v) is 8.40. The molecule has 2 rings (SSSR count). The molecule has 0 unspecified atom stereocenters. The summed E-state index contributed by atoms with van der Waals surface area (Å²) in [6.07, 6.45) is 4.32. The van der Waals surface area contributed by atoms with E-state index in [1.54, 1.807) is 32.4 Å². The van der Waals surface area contributed by atoms with Crippen LogP contribution in [0.15, 0.2) is 18.2 Å². The predicted octanol–water partition coefficient (Wildman–Crippen LogP) is 0.158. The lowest BCUT2D eigenvalue weighted by Crippen LogP contribution is -3.00. The number of carbonyl (C=O) groups is 1. The van der Waals surface area contributed by atoms with Crippen LogP contribution in [0.25, 0.3) is 0 Å². The van der Waals surface area contributed by atoms with E-state index in [2.05, 4.69) is 17.1 Å². The van der Waals surface area contributed by atoms with Gasteiger partial charge in [-0.2, -0.15) is 0 Å². The number of ether oxygens (including phenoxy) is 2. The lowest BCUT2D eigenvalue weighted by molar-refractivity contribution is -0.116. The summed E-state index contributed by atoms with van der Waals surface area (Å²) in [7, 11) is 3.20. The second-order valence-corrected chi connectivity index (χ2v) is 6.14. The lowest BCUT2D eigenvalue weighted by Gasteiger charge is -2.21. The van der Waals surface area contributed by atoms with Crippen molar-refractivity contribution in [3.8, 4) is 11.5 Å². The number of nitrogens with zero attached hydrogens (tertiary/aromatic N) is 1. The van der Waals surface area contributed by atoms with Gasteiger partial charge < -0.3 is 32.1 Å². The summed E-state index contributed by atoms with van der Waals surface area (Å²) in [6.45, 7) is 5.20.